The largest absolute Gasteiger partial charge is 0.321 e. The fraction of sp³-hybridized carbons (Fsp3) is 0.167. The Morgan fingerprint density at radius 1 is 1.21 bits per heavy atom. The molecule has 1 aliphatic carbocycles. The molecular weight excluding hydrogens is 446 g/mol. The minimum atomic E-state index is -3.65. The molecule has 2 aromatic heterocycles. The number of carbonyl (C=O) groups excluding carboxylic acids is 1. The van der Waals surface area contributed by atoms with Crippen LogP contribution >= 0.6 is 15.9 Å². The Labute approximate surface area is 170 Å². The zero-order valence-electron chi connectivity index (χ0n) is 14.5. The molecule has 1 aromatic carbocycles. The lowest BCUT2D eigenvalue weighted by molar-refractivity contribution is 0.102. The SMILES string of the molecule is O=C(Nc1ccc(-n2ccnc2)nc1)c1cc(S(=O)(=O)NC2CC2)ccc1Br. The van der Waals surface area contributed by atoms with Gasteiger partial charge in [-0.25, -0.2) is 23.1 Å². The topological polar surface area (TPSA) is 106 Å². The van der Waals surface area contributed by atoms with Crippen molar-refractivity contribution in [3.05, 3.63) is 65.3 Å². The molecule has 1 amide bonds. The summed E-state index contributed by atoms with van der Waals surface area (Å²) in [6.45, 7) is 0. The smallest absolute Gasteiger partial charge is 0.256 e. The zero-order valence-corrected chi connectivity index (χ0v) is 16.9. The first-order valence-corrected chi connectivity index (χ1v) is 10.8. The number of benzene rings is 1. The van der Waals surface area contributed by atoms with E-state index < -0.39 is 15.9 Å². The maximum Gasteiger partial charge on any atom is 0.256 e. The van der Waals surface area contributed by atoms with Gasteiger partial charge in [-0.15, -0.1) is 0 Å². The Hall–Kier alpha value is -2.56. The second kappa shape index (κ2) is 7.46. The highest BCUT2D eigenvalue weighted by atomic mass is 79.9. The third kappa shape index (κ3) is 4.13. The predicted octanol–water partition coefficient (Wildman–Crippen LogP) is 2.72. The van der Waals surface area contributed by atoms with Crippen molar-refractivity contribution in [2.75, 3.05) is 5.32 Å². The normalized spacial score (nSPS) is 14.0. The lowest BCUT2D eigenvalue weighted by atomic mass is 10.2. The van der Waals surface area contributed by atoms with E-state index in [1.54, 1.807) is 41.5 Å². The van der Waals surface area contributed by atoms with Gasteiger partial charge in [0.2, 0.25) is 10.0 Å². The lowest BCUT2D eigenvalue weighted by Crippen LogP contribution is -2.26. The van der Waals surface area contributed by atoms with Gasteiger partial charge in [-0.05, 0) is 59.1 Å². The Balaban J connectivity index is 1.53. The van der Waals surface area contributed by atoms with Gasteiger partial charge in [-0.2, -0.15) is 0 Å². The maximum absolute atomic E-state index is 12.7. The van der Waals surface area contributed by atoms with Gasteiger partial charge in [-0.3, -0.25) is 9.36 Å². The average Bonchev–Trinajstić information content (AvgIpc) is 3.30. The average molecular weight is 462 g/mol. The van der Waals surface area contributed by atoms with Crippen molar-refractivity contribution in [2.45, 2.75) is 23.8 Å². The Morgan fingerprint density at radius 3 is 2.68 bits per heavy atom. The lowest BCUT2D eigenvalue weighted by Gasteiger charge is -2.10. The third-order valence-electron chi connectivity index (χ3n) is 4.17. The molecule has 0 radical (unpaired) electrons. The molecule has 8 nitrogen and oxygen atoms in total. The molecule has 3 aromatic rings. The summed E-state index contributed by atoms with van der Waals surface area (Å²) in [5, 5.41) is 2.73. The van der Waals surface area contributed by atoms with Crippen molar-refractivity contribution in [2.24, 2.45) is 0 Å². The zero-order chi connectivity index (χ0) is 19.7. The summed E-state index contributed by atoms with van der Waals surface area (Å²) in [4.78, 5) is 21.0. The molecule has 2 N–H and O–H groups in total. The fourth-order valence-corrected chi connectivity index (χ4v) is 4.30. The van der Waals surface area contributed by atoms with Gasteiger partial charge in [0.15, 0.2) is 0 Å². The number of halogens is 1. The first-order valence-electron chi connectivity index (χ1n) is 8.50. The first kappa shape index (κ1) is 18.8. The molecule has 1 saturated carbocycles. The van der Waals surface area contributed by atoms with E-state index in [-0.39, 0.29) is 16.5 Å². The third-order valence-corrected chi connectivity index (χ3v) is 6.38. The number of hydrogen-bond donors (Lipinski definition) is 2. The van der Waals surface area contributed by atoms with Gasteiger partial charge in [0.05, 0.1) is 22.3 Å². The standard InChI is InChI=1S/C18H16BrN5O3S/c19-16-5-4-14(28(26,27)23-12-1-2-12)9-15(16)18(25)22-13-3-6-17(21-10-13)24-8-7-20-11-24/h3-12,23H,1-2H2,(H,22,25). The van der Waals surface area contributed by atoms with Crippen LogP contribution in [-0.4, -0.2) is 34.9 Å². The molecule has 0 saturated heterocycles. The van der Waals surface area contributed by atoms with Crippen LogP contribution in [0.2, 0.25) is 0 Å². The van der Waals surface area contributed by atoms with E-state index in [2.05, 4.69) is 35.9 Å². The van der Waals surface area contributed by atoms with Crippen molar-refractivity contribution in [1.29, 1.82) is 0 Å². The first-order chi connectivity index (χ1) is 13.4. The molecule has 0 aliphatic heterocycles. The summed E-state index contributed by atoms with van der Waals surface area (Å²) in [6.07, 6.45) is 8.24. The number of aromatic nitrogens is 3. The Bertz CT molecular complexity index is 1110. The summed E-state index contributed by atoms with van der Waals surface area (Å²) >= 11 is 3.31. The van der Waals surface area contributed by atoms with Crippen molar-refractivity contribution >= 4 is 37.5 Å². The monoisotopic (exact) mass is 461 g/mol. The van der Waals surface area contributed by atoms with E-state index in [1.807, 2.05) is 0 Å². The highest BCUT2D eigenvalue weighted by Crippen LogP contribution is 2.25. The quantitative estimate of drug-likeness (QED) is 0.586. The molecule has 0 atom stereocenters. The van der Waals surface area contributed by atoms with Crippen LogP contribution in [0, 0.1) is 0 Å². The van der Waals surface area contributed by atoms with Gasteiger partial charge >= 0.3 is 0 Å². The number of anilines is 1. The number of imidazole rings is 1. The molecular formula is C18H16BrN5O3S. The van der Waals surface area contributed by atoms with Gasteiger partial charge in [0.25, 0.3) is 5.91 Å². The molecule has 1 aliphatic rings. The van der Waals surface area contributed by atoms with Gasteiger partial charge in [0, 0.05) is 22.9 Å². The van der Waals surface area contributed by atoms with Crippen LogP contribution in [0.15, 0.2) is 64.6 Å². The molecule has 0 unspecified atom stereocenters. The summed E-state index contributed by atoms with van der Waals surface area (Å²) in [5.41, 5.74) is 0.711. The highest BCUT2D eigenvalue weighted by Gasteiger charge is 2.28. The minimum absolute atomic E-state index is 0.00832. The number of hydrogen-bond acceptors (Lipinski definition) is 5. The second-order valence-corrected chi connectivity index (χ2v) is 8.93. The van der Waals surface area contributed by atoms with Crippen LogP contribution in [0.25, 0.3) is 5.82 Å². The van der Waals surface area contributed by atoms with E-state index in [1.165, 1.54) is 18.3 Å². The number of sulfonamides is 1. The Kier molecular flexibility index (Phi) is 5.00. The van der Waals surface area contributed by atoms with E-state index in [0.717, 1.165) is 12.8 Å². The predicted molar refractivity (Wildman–Crippen MR) is 107 cm³/mol. The van der Waals surface area contributed by atoms with Gasteiger partial charge < -0.3 is 5.32 Å². The number of rotatable bonds is 6. The van der Waals surface area contributed by atoms with E-state index in [9.17, 15) is 13.2 Å². The molecule has 28 heavy (non-hydrogen) atoms. The van der Waals surface area contributed by atoms with Crippen molar-refractivity contribution in [3.63, 3.8) is 0 Å². The number of pyridine rings is 1. The van der Waals surface area contributed by atoms with Crippen molar-refractivity contribution in [1.82, 2.24) is 19.3 Å². The molecule has 0 spiro atoms. The fourth-order valence-electron chi connectivity index (χ4n) is 2.54. The van der Waals surface area contributed by atoms with E-state index in [4.69, 9.17) is 0 Å². The van der Waals surface area contributed by atoms with Crippen LogP contribution in [0.5, 0.6) is 0 Å². The summed E-state index contributed by atoms with van der Waals surface area (Å²) in [5.74, 6) is 0.225. The second-order valence-electron chi connectivity index (χ2n) is 6.37. The van der Waals surface area contributed by atoms with Crippen LogP contribution in [0.3, 0.4) is 0 Å². The minimum Gasteiger partial charge on any atom is -0.321 e. The number of nitrogens with one attached hydrogen (secondary N) is 2. The van der Waals surface area contributed by atoms with Crippen LogP contribution in [-0.2, 0) is 10.0 Å². The van der Waals surface area contributed by atoms with Gasteiger partial charge in [0.1, 0.15) is 12.1 Å². The van der Waals surface area contributed by atoms with Crippen molar-refractivity contribution in [3.8, 4) is 5.82 Å². The highest BCUT2D eigenvalue weighted by molar-refractivity contribution is 9.10. The summed E-state index contributed by atoms with van der Waals surface area (Å²) in [7, 11) is -3.65. The molecule has 1 fully saturated rings. The van der Waals surface area contributed by atoms with Crippen LogP contribution < -0.4 is 10.0 Å². The van der Waals surface area contributed by atoms with Crippen LogP contribution in [0.4, 0.5) is 5.69 Å². The van der Waals surface area contributed by atoms with Crippen LogP contribution in [0.1, 0.15) is 23.2 Å². The maximum atomic E-state index is 12.7. The molecule has 4 rings (SSSR count). The molecule has 2 heterocycles. The molecule has 144 valence electrons. The Morgan fingerprint density at radius 2 is 2.04 bits per heavy atom. The number of amides is 1. The van der Waals surface area contributed by atoms with E-state index in [0.29, 0.717) is 16.0 Å². The molecule has 0 bridgehead atoms. The number of nitrogens with zero attached hydrogens (tertiary/aromatic N) is 3. The van der Waals surface area contributed by atoms with Crippen molar-refractivity contribution < 1.29 is 13.2 Å². The van der Waals surface area contributed by atoms with Gasteiger partial charge in [-0.1, -0.05) is 0 Å². The van der Waals surface area contributed by atoms with E-state index >= 15 is 0 Å². The summed E-state index contributed by atoms with van der Waals surface area (Å²) < 4.78 is 29.7. The summed E-state index contributed by atoms with van der Waals surface area (Å²) in [6, 6.07) is 7.82. The molecule has 10 heteroatoms. The number of carbonyl (C=O) groups is 1.